The number of nitrogens with one attached hydrogen (secondary N) is 1. The highest BCUT2D eigenvalue weighted by atomic mass is 35.5. The highest BCUT2D eigenvalue weighted by Crippen LogP contribution is 2.14. The van der Waals surface area contributed by atoms with Gasteiger partial charge < -0.3 is 10.4 Å². The normalized spacial score (nSPS) is 11.8. The molecule has 18 heavy (non-hydrogen) atoms. The lowest BCUT2D eigenvalue weighted by Gasteiger charge is -2.06. The Labute approximate surface area is 112 Å². The van der Waals surface area contributed by atoms with Gasteiger partial charge in [-0.05, 0) is 11.6 Å². The van der Waals surface area contributed by atoms with Crippen LogP contribution in [-0.4, -0.2) is 32.7 Å². The minimum atomic E-state index is -1.69. The van der Waals surface area contributed by atoms with Gasteiger partial charge >= 0.3 is 5.97 Å². The van der Waals surface area contributed by atoms with E-state index in [0.717, 1.165) is 5.56 Å². The first-order chi connectivity index (χ1) is 8.49. The molecule has 0 bridgehead atoms. The van der Waals surface area contributed by atoms with E-state index in [9.17, 15) is 13.8 Å². The van der Waals surface area contributed by atoms with Crippen LogP contribution in [0.1, 0.15) is 5.56 Å². The molecule has 0 saturated carbocycles. The smallest absolute Gasteiger partial charge is 0.316 e. The first-order valence-corrected chi connectivity index (χ1v) is 6.92. The van der Waals surface area contributed by atoms with Crippen LogP contribution >= 0.6 is 11.6 Å². The van der Waals surface area contributed by atoms with E-state index in [-0.39, 0.29) is 12.3 Å². The van der Waals surface area contributed by atoms with Crippen molar-refractivity contribution in [2.45, 2.75) is 6.54 Å². The van der Waals surface area contributed by atoms with Crippen molar-refractivity contribution in [3.05, 3.63) is 34.9 Å². The van der Waals surface area contributed by atoms with Crippen LogP contribution in [-0.2, 0) is 26.9 Å². The molecule has 0 aromatic heterocycles. The molecule has 7 heteroatoms. The second kappa shape index (κ2) is 7.13. The van der Waals surface area contributed by atoms with E-state index in [0.29, 0.717) is 5.02 Å². The van der Waals surface area contributed by atoms with Gasteiger partial charge in [0.2, 0.25) is 5.91 Å². The Balaban J connectivity index is 2.40. The molecule has 0 unspecified atom stereocenters. The molecule has 98 valence electrons. The van der Waals surface area contributed by atoms with E-state index in [1.807, 2.05) is 0 Å². The number of amides is 1. The first kappa shape index (κ1) is 14.7. The summed E-state index contributed by atoms with van der Waals surface area (Å²) in [7, 11) is -1.69. The van der Waals surface area contributed by atoms with Crippen LogP contribution in [0.3, 0.4) is 0 Å². The van der Waals surface area contributed by atoms with E-state index < -0.39 is 28.4 Å². The zero-order chi connectivity index (χ0) is 13.5. The second-order valence-corrected chi connectivity index (χ2v) is 5.35. The molecule has 1 aromatic rings. The third kappa shape index (κ3) is 5.29. The summed E-state index contributed by atoms with van der Waals surface area (Å²) in [5.41, 5.74) is 0.747. The molecule has 2 N–H and O–H groups in total. The van der Waals surface area contributed by atoms with Crippen molar-refractivity contribution in [1.82, 2.24) is 5.32 Å². The van der Waals surface area contributed by atoms with Gasteiger partial charge in [0.25, 0.3) is 0 Å². The van der Waals surface area contributed by atoms with Crippen molar-refractivity contribution in [2.75, 3.05) is 11.5 Å². The molecule has 0 aliphatic carbocycles. The summed E-state index contributed by atoms with van der Waals surface area (Å²) in [6.07, 6.45) is 0. The van der Waals surface area contributed by atoms with Crippen LogP contribution < -0.4 is 5.32 Å². The summed E-state index contributed by atoms with van der Waals surface area (Å²) in [4.78, 5) is 21.7. The Bertz CT molecular complexity index is 478. The van der Waals surface area contributed by atoms with Crippen molar-refractivity contribution in [1.29, 1.82) is 0 Å². The number of carboxylic acid groups (broad SMARTS) is 1. The molecule has 0 spiro atoms. The fraction of sp³-hybridized carbons (Fsp3) is 0.273. The quantitative estimate of drug-likeness (QED) is 0.811. The van der Waals surface area contributed by atoms with Crippen molar-refractivity contribution in [3.8, 4) is 0 Å². The van der Waals surface area contributed by atoms with E-state index in [4.69, 9.17) is 16.7 Å². The fourth-order valence-electron chi connectivity index (χ4n) is 1.22. The molecule has 0 aliphatic heterocycles. The minimum Gasteiger partial charge on any atom is -0.481 e. The van der Waals surface area contributed by atoms with Crippen LogP contribution in [0.4, 0.5) is 0 Å². The zero-order valence-electron chi connectivity index (χ0n) is 9.39. The van der Waals surface area contributed by atoms with Gasteiger partial charge in [0, 0.05) is 22.4 Å². The predicted octanol–water partition coefficient (Wildman–Crippen LogP) is 0.790. The van der Waals surface area contributed by atoms with Crippen molar-refractivity contribution < 1.29 is 18.9 Å². The maximum Gasteiger partial charge on any atom is 0.316 e. The number of hydrogen-bond donors (Lipinski definition) is 2. The topological polar surface area (TPSA) is 83.5 Å². The maximum atomic E-state index is 11.4. The molecule has 0 radical (unpaired) electrons. The number of aliphatic carboxylic acids is 1. The summed E-state index contributed by atoms with van der Waals surface area (Å²) in [5, 5.41) is 11.5. The summed E-state index contributed by atoms with van der Waals surface area (Å²) in [5.74, 6) is -2.50. The minimum absolute atomic E-state index is 0.225. The standard InChI is InChI=1S/C11H12ClNO4S/c12-9-4-2-1-3-8(9)5-13-10(14)6-18(17)7-11(15)16/h1-4H,5-7H2,(H,13,14)(H,15,16)/t18-/m0/s1. The van der Waals surface area contributed by atoms with Crippen molar-refractivity contribution >= 4 is 34.3 Å². The molecule has 0 heterocycles. The average molecular weight is 290 g/mol. The molecular formula is C11H12ClNO4S. The predicted molar refractivity (Wildman–Crippen MR) is 68.8 cm³/mol. The van der Waals surface area contributed by atoms with Crippen molar-refractivity contribution in [3.63, 3.8) is 0 Å². The number of carboxylic acids is 1. The Hall–Kier alpha value is -1.40. The van der Waals surface area contributed by atoms with Crippen LogP contribution in [0.5, 0.6) is 0 Å². The number of halogens is 1. The van der Waals surface area contributed by atoms with Crippen LogP contribution in [0.2, 0.25) is 5.02 Å². The van der Waals surface area contributed by atoms with Gasteiger partial charge in [-0.2, -0.15) is 0 Å². The largest absolute Gasteiger partial charge is 0.481 e. The average Bonchev–Trinajstić information content (AvgIpc) is 2.26. The summed E-state index contributed by atoms with van der Waals surface area (Å²) in [6.45, 7) is 0.225. The van der Waals surface area contributed by atoms with Crippen LogP contribution in [0.25, 0.3) is 0 Å². The summed E-state index contributed by atoms with van der Waals surface area (Å²) < 4.78 is 11.2. The SMILES string of the molecule is O=C(O)C[S@@](=O)CC(=O)NCc1ccccc1Cl. The highest BCUT2D eigenvalue weighted by Gasteiger charge is 2.11. The molecular weight excluding hydrogens is 278 g/mol. The van der Waals surface area contributed by atoms with E-state index in [1.54, 1.807) is 24.3 Å². The van der Waals surface area contributed by atoms with Gasteiger partial charge in [0.05, 0.1) is 0 Å². The number of hydrogen-bond acceptors (Lipinski definition) is 3. The van der Waals surface area contributed by atoms with E-state index >= 15 is 0 Å². The third-order valence-electron chi connectivity index (χ3n) is 2.01. The fourth-order valence-corrected chi connectivity index (χ4v) is 2.20. The van der Waals surface area contributed by atoms with Crippen LogP contribution in [0.15, 0.2) is 24.3 Å². The van der Waals surface area contributed by atoms with Gasteiger partial charge in [-0.15, -0.1) is 0 Å². The second-order valence-electron chi connectivity index (χ2n) is 3.49. The lowest BCUT2D eigenvalue weighted by atomic mass is 10.2. The third-order valence-corrected chi connectivity index (χ3v) is 3.53. The molecule has 1 aromatic carbocycles. The molecule has 1 rings (SSSR count). The Morgan fingerprint density at radius 3 is 2.56 bits per heavy atom. The monoisotopic (exact) mass is 289 g/mol. The first-order valence-electron chi connectivity index (χ1n) is 5.06. The van der Waals surface area contributed by atoms with Gasteiger partial charge in [0.1, 0.15) is 11.5 Å². The van der Waals surface area contributed by atoms with Crippen LogP contribution in [0, 0.1) is 0 Å². The van der Waals surface area contributed by atoms with Gasteiger partial charge in [-0.25, -0.2) is 0 Å². The van der Waals surface area contributed by atoms with Gasteiger partial charge in [0.15, 0.2) is 0 Å². The molecule has 1 amide bonds. The summed E-state index contributed by atoms with van der Waals surface area (Å²) in [6, 6.07) is 7.02. The number of benzene rings is 1. The maximum absolute atomic E-state index is 11.4. The van der Waals surface area contributed by atoms with Crippen molar-refractivity contribution in [2.24, 2.45) is 0 Å². The number of carbonyl (C=O) groups is 2. The number of rotatable bonds is 6. The lowest BCUT2D eigenvalue weighted by molar-refractivity contribution is -0.133. The van der Waals surface area contributed by atoms with E-state index in [2.05, 4.69) is 5.32 Å². The summed E-state index contributed by atoms with van der Waals surface area (Å²) >= 11 is 5.89. The molecule has 1 atom stereocenters. The Morgan fingerprint density at radius 1 is 1.28 bits per heavy atom. The van der Waals surface area contributed by atoms with Gasteiger partial charge in [-0.3, -0.25) is 13.8 Å². The molecule has 0 aliphatic rings. The molecule has 0 saturated heterocycles. The zero-order valence-corrected chi connectivity index (χ0v) is 11.0. The van der Waals surface area contributed by atoms with E-state index in [1.165, 1.54) is 0 Å². The molecule has 0 fully saturated rings. The molecule has 5 nitrogen and oxygen atoms in total. The lowest BCUT2D eigenvalue weighted by Crippen LogP contribution is -2.29. The number of carbonyl (C=O) groups excluding carboxylic acids is 1. The Morgan fingerprint density at radius 2 is 1.94 bits per heavy atom. The highest BCUT2D eigenvalue weighted by molar-refractivity contribution is 7.86. The van der Waals surface area contributed by atoms with Gasteiger partial charge in [-0.1, -0.05) is 29.8 Å². The Kier molecular flexibility index (Phi) is 5.80.